The third kappa shape index (κ3) is 5.35. The van der Waals surface area contributed by atoms with E-state index in [0.29, 0.717) is 6.04 Å². The Bertz CT molecular complexity index is 495. The van der Waals surface area contributed by atoms with E-state index in [1.54, 1.807) is 0 Å². The fraction of sp³-hybridized carbons (Fsp3) is 0.588. The van der Waals surface area contributed by atoms with E-state index >= 15 is 0 Å². The highest BCUT2D eigenvalue weighted by Crippen LogP contribution is 2.16. The molecular weight excluding hydrogens is 333 g/mol. The van der Waals surface area contributed by atoms with Gasteiger partial charge in [0.15, 0.2) is 0 Å². The van der Waals surface area contributed by atoms with E-state index in [0.717, 1.165) is 56.9 Å². The summed E-state index contributed by atoms with van der Waals surface area (Å²) in [5.74, 6) is 0.189. The van der Waals surface area contributed by atoms with Gasteiger partial charge >= 0.3 is 0 Å². The second kappa shape index (κ2) is 8.88. The molecule has 0 bridgehead atoms. The molecule has 2 heterocycles. The van der Waals surface area contributed by atoms with Crippen LogP contribution in [-0.4, -0.2) is 42.5 Å². The Morgan fingerprint density at radius 2 is 1.91 bits per heavy atom. The average Bonchev–Trinajstić information content (AvgIpc) is 3.06. The van der Waals surface area contributed by atoms with Gasteiger partial charge < -0.3 is 10.6 Å². The molecule has 2 N–H and O–H groups in total. The van der Waals surface area contributed by atoms with Crippen LogP contribution in [0, 0.1) is 0 Å². The Labute approximate surface area is 149 Å². The highest BCUT2D eigenvalue weighted by atomic mass is 35.5. The monoisotopic (exact) mass is 357 g/mol. The van der Waals surface area contributed by atoms with E-state index in [1.807, 2.05) is 12.1 Å². The molecule has 0 aromatic heterocycles. The fourth-order valence-electron chi connectivity index (χ4n) is 3.29. The number of amides is 1. The molecule has 3 rings (SSSR count). The van der Waals surface area contributed by atoms with E-state index in [-0.39, 0.29) is 24.4 Å². The summed E-state index contributed by atoms with van der Waals surface area (Å²) in [6.45, 7) is 4.00. The van der Waals surface area contributed by atoms with Crippen molar-refractivity contribution in [1.82, 2.24) is 15.5 Å². The third-order valence-corrected chi connectivity index (χ3v) is 4.88. The van der Waals surface area contributed by atoms with E-state index < -0.39 is 0 Å². The maximum absolute atomic E-state index is 12.1. The molecule has 23 heavy (non-hydrogen) atoms. The minimum absolute atomic E-state index is 0. The van der Waals surface area contributed by atoms with Gasteiger partial charge in [0.25, 0.3) is 0 Å². The van der Waals surface area contributed by atoms with Crippen LogP contribution >= 0.6 is 24.0 Å². The van der Waals surface area contributed by atoms with Crippen LogP contribution in [0.1, 0.15) is 31.2 Å². The molecule has 6 heteroatoms. The predicted octanol–water partition coefficient (Wildman–Crippen LogP) is 2.59. The van der Waals surface area contributed by atoms with E-state index in [1.165, 1.54) is 5.56 Å². The molecular formula is C17H25Cl2N3O. The molecule has 1 aromatic carbocycles. The van der Waals surface area contributed by atoms with Gasteiger partial charge in [-0.3, -0.25) is 9.69 Å². The van der Waals surface area contributed by atoms with Crippen LogP contribution in [-0.2, 0) is 11.3 Å². The lowest BCUT2D eigenvalue weighted by Crippen LogP contribution is -2.49. The number of rotatable bonds is 4. The summed E-state index contributed by atoms with van der Waals surface area (Å²) < 4.78 is 0. The minimum atomic E-state index is 0. The average molecular weight is 358 g/mol. The van der Waals surface area contributed by atoms with Crippen molar-refractivity contribution in [3.63, 3.8) is 0 Å². The number of piperidine rings is 1. The number of halogens is 2. The second-order valence-electron chi connectivity index (χ2n) is 6.33. The number of carbonyl (C=O) groups excluding carboxylic acids is 1. The maximum atomic E-state index is 12.1. The summed E-state index contributed by atoms with van der Waals surface area (Å²) in [4.78, 5) is 14.6. The molecule has 2 aliphatic heterocycles. The molecule has 128 valence electrons. The molecule has 2 fully saturated rings. The summed E-state index contributed by atoms with van der Waals surface area (Å²) in [6.07, 6.45) is 4.15. The first-order chi connectivity index (χ1) is 10.7. The van der Waals surface area contributed by atoms with E-state index in [9.17, 15) is 4.79 Å². The summed E-state index contributed by atoms with van der Waals surface area (Å²) in [6, 6.07) is 8.42. The Balaban J connectivity index is 0.00000192. The lowest BCUT2D eigenvalue weighted by atomic mass is 10.0. The Morgan fingerprint density at radius 3 is 2.52 bits per heavy atom. The first-order valence-corrected chi connectivity index (χ1v) is 8.59. The maximum Gasteiger partial charge on any atom is 0.237 e. The normalized spacial score (nSPS) is 22.6. The van der Waals surface area contributed by atoms with Gasteiger partial charge in [0.1, 0.15) is 0 Å². The lowest BCUT2D eigenvalue weighted by molar-refractivity contribution is -0.123. The Hall–Kier alpha value is -0.810. The van der Waals surface area contributed by atoms with Crippen LogP contribution in [0.5, 0.6) is 0 Å². The van der Waals surface area contributed by atoms with Gasteiger partial charge in [0.05, 0.1) is 6.04 Å². The van der Waals surface area contributed by atoms with Gasteiger partial charge in [-0.15, -0.1) is 12.4 Å². The molecule has 1 amide bonds. The standard InChI is InChI=1S/C17H24ClN3O.ClH/c18-14-5-3-13(4-6-14)12-21-10-7-15(8-11-21)20-17(22)16-2-1-9-19-16;/h3-6,15-16,19H,1-2,7-12H2,(H,20,22);1H. The molecule has 0 saturated carbocycles. The topological polar surface area (TPSA) is 44.4 Å². The van der Waals surface area contributed by atoms with Crippen LogP contribution < -0.4 is 10.6 Å². The number of benzene rings is 1. The predicted molar refractivity (Wildman–Crippen MR) is 96.2 cm³/mol. The van der Waals surface area contributed by atoms with Crippen LogP contribution in [0.3, 0.4) is 0 Å². The highest BCUT2D eigenvalue weighted by Gasteiger charge is 2.26. The summed E-state index contributed by atoms with van der Waals surface area (Å²) in [5, 5.41) is 7.25. The minimum Gasteiger partial charge on any atom is -0.352 e. The van der Waals surface area contributed by atoms with Gasteiger partial charge in [-0.2, -0.15) is 0 Å². The van der Waals surface area contributed by atoms with Gasteiger partial charge in [-0.25, -0.2) is 0 Å². The van der Waals surface area contributed by atoms with Crippen LogP contribution in [0.4, 0.5) is 0 Å². The van der Waals surface area contributed by atoms with E-state index in [2.05, 4.69) is 27.7 Å². The van der Waals surface area contributed by atoms with Gasteiger partial charge in [0, 0.05) is 30.7 Å². The molecule has 4 nitrogen and oxygen atoms in total. The molecule has 2 aliphatic rings. The zero-order chi connectivity index (χ0) is 15.4. The SMILES string of the molecule is Cl.O=C(NC1CCN(Cc2ccc(Cl)cc2)CC1)C1CCCN1. The number of likely N-dealkylation sites (tertiary alicyclic amines) is 1. The molecule has 2 saturated heterocycles. The Kier molecular flexibility index (Phi) is 7.15. The number of hydrogen-bond donors (Lipinski definition) is 2. The molecule has 1 atom stereocenters. The van der Waals surface area contributed by atoms with Crippen molar-refractivity contribution in [2.75, 3.05) is 19.6 Å². The number of nitrogens with one attached hydrogen (secondary N) is 2. The zero-order valence-corrected chi connectivity index (χ0v) is 14.8. The van der Waals surface area contributed by atoms with Crippen molar-refractivity contribution < 1.29 is 4.79 Å². The van der Waals surface area contributed by atoms with Crippen LogP contribution in [0.2, 0.25) is 5.02 Å². The summed E-state index contributed by atoms with van der Waals surface area (Å²) in [7, 11) is 0. The lowest BCUT2D eigenvalue weighted by Gasteiger charge is -2.32. The zero-order valence-electron chi connectivity index (χ0n) is 13.3. The van der Waals surface area contributed by atoms with Gasteiger partial charge in [-0.05, 0) is 49.9 Å². The van der Waals surface area contributed by atoms with E-state index in [4.69, 9.17) is 11.6 Å². The largest absolute Gasteiger partial charge is 0.352 e. The first kappa shape index (κ1) is 18.5. The summed E-state index contributed by atoms with van der Waals surface area (Å²) >= 11 is 5.92. The molecule has 0 radical (unpaired) electrons. The molecule has 1 unspecified atom stereocenters. The van der Waals surface area contributed by atoms with Crippen molar-refractivity contribution in [2.24, 2.45) is 0 Å². The molecule has 0 spiro atoms. The van der Waals surface area contributed by atoms with Crippen molar-refractivity contribution in [2.45, 2.75) is 44.3 Å². The fourth-order valence-corrected chi connectivity index (χ4v) is 3.42. The number of hydrogen-bond acceptors (Lipinski definition) is 3. The summed E-state index contributed by atoms with van der Waals surface area (Å²) in [5.41, 5.74) is 1.29. The highest BCUT2D eigenvalue weighted by molar-refractivity contribution is 6.30. The smallest absolute Gasteiger partial charge is 0.237 e. The first-order valence-electron chi connectivity index (χ1n) is 8.21. The van der Waals surface area contributed by atoms with Crippen LogP contribution in [0.25, 0.3) is 0 Å². The van der Waals surface area contributed by atoms with Gasteiger partial charge in [0.2, 0.25) is 5.91 Å². The van der Waals surface area contributed by atoms with Gasteiger partial charge in [-0.1, -0.05) is 23.7 Å². The third-order valence-electron chi connectivity index (χ3n) is 4.63. The van der Waals surface area contributed by atoms with Crippen molar-refractivity contribution in [3.05, 3.63) is 34.9 Å². The van der Waals surface area contributed by atoms with Crippen LogP contribution in [0.15, 0.2) is 24.3 Å². The molecule has 1 aromatic rings. The number of nitrogens with zero attached hydrogens (tertiary/aromatic N) is 1. The second-order valence-corrected chi connectivity index (χ2v) is 6.77. The van der Waals surface area contributed by atoms with Crippen molar-refractivity contribution in [3.8, 4) is 0 Å². The van der Waals surface area contributed by atoms with Crippen molar-refractivity contribution in [1.29, 1.82) is 0 Å². The Morgan fingerprint density at radius 1 is 1.22 bits per heavy atom. The number of carbonyl (C=O) groups is 1. The quantitative estimate of drug-likeness (QED) is 0.870. The van der Waals surface area contributed by atoms with Crippen molar-refractivity contribution >= 4 is 29.9 Å². The molecule has 0 aliphatic carbocycles.